The Balaban J connectivity index is 2.25. The molecule has 1 aliphatic rings. The third-order valence-corrected chi connectivity index (χ3v) is 6.88. The average Bonchev–Trinajstić information content (AvgIpc) is 3.12. The molecule has 1 saturated carbocycles. The third kappa shape index (κ3) is 3.26. The summed E-state index contributed by atoms with van der Waals surface area (Å²) in [5, 5.41) is 0. The van der Waals surface area contributed by atoms with Crippen LogP contribution in [0.1, 0.15) is 18.4 Å². The second kappa shape index (κ2) is 5.27. The molecule has 3 N–H and O–H groups in total. The molecule has 1 fully saturated rings. The topological polar surface area (TPSA) is 72.2 Å². The number of hydrogen-bond donors (Lipinski definition) is 2. The van der Waals surface area contributed by atoms with E-state index in [1.807, 2.05) is 6.26 Å². The highest BCUT2D eigenvalue weighted by atomic mass is 79.9. The molecule has 106 valence electrons. The molecule has 1 aromatic rings. The van der Waals surface area contributed by atoms with Crippen LogP contribution in [0.4, 0.5) is 5.69 Å². The summed E-state index contributed by atoms with van der Waals surface area (Å²) in [5.74, 6) is 0. The van der Waals surface area contributed by atoms with Crippen LogP contribution in [-0.2, 0) is 10.0 Å². The lowest BCUT2D eigenvalue weighted by Gasteiger charge is -2.15. The van der Waals surface area contributed by atoms with Crippen molar-refractivity contribution in [1.29, 1.82) is 0 Å². The summed E-state index contributed by atoms with van der Waals surface area (Å²) in [4.78, 5) is 0.247. The first kappa shape index (κ1) is 15.2. The molecular formula is C12H17BrN2O2S2. The molecule has 4 nitrogen and oxygen atoms in total. The van der Waals surface area contributed by atoms with Gasteiger partial charge in [0.25, 0.3) is 0 Å². The Hall–Kier alpha value is -0.240. The number of benzene rings is 1. The second-order valence-electron chi connectivity index (χ2n) is 4.83. The minimum absolute atomic E-state index is 0.0958. The molecule has 0 amide bonds. The van der Waals surface area contributed by atoms with Gasteiger partial charge in [-0.2, -0.15) is 11.8 Å². The molecule has 0 saturated heterocycles. The number of anilines is 1. The Labute approximate surface area is 126 Å². The monoisotopic (exact) mass is 364 g/mol. The highest BCUT2D eigenvalue weighted by Crippen LogP contribution is 2.46. The van der Waals surface area contributed by atoms with E-state index in [0.717, 1.165) is 12.8 Å². The zero-order valence-corrected chi connectivity index (χ0v) is 14.1. The first-order valence-electron chi connectivity index (χ1n) is 5.90. The molecule has 0 heterocycles. The highest BCUT2D eigenvalue weighted by molar-refractivity contribution is 9.10. The van der Waals surface area contributed by atoms with Gasteiger partial charge in [-0.15, -0.1) is 0 Å². The van der Waals surface area contributed by atoms with Crippen molar-refractivity contribution >= 4 is 43.4 Å². The Morgan fingerprint density at radius 1 is 1.47 bits per heavy atom. The van der Waals surface area contributed by atoms with Crippen LogP contribution in [0.25, 0.3) is 0 Å². The quantitative estimate of drug-likeness (QED) is 0.787. The van der Waals surface area contributed by atoms with E-state index in [-0.39, 0.29) is 9.64 Å². The van der Waals surface area contributed by atoms with E-state index in [1.54, 1.807) is 30.8 Å². The van der Waals surface area contributed by atoms with Crippen LogP contribution >= 0.6 is 27.7 Å². The molecule has 0 aromatic heterocycles. The van der Waals surface area contributed by atoms with Gasteiger partial charge in [-0.1, -0.05) is 15.9 Å². The number of rotatable bonds is 5. The normalized spacial score (nSPS) is 17.4. The van der Waals surface area contributed by atoms with E-state index < -0.39 is 10.0 Å². The van der Waals surface area contributed by atoms with E-state index >= 15 is 0 Å². The first-order chi connectivity index (χ1) is 8.80. The maximum absolute atomic E-state index is 12.4. The smallest absolute Gasteiger partial charge is 0.240 e. The van der Waals surface area contributed by atoms with E-state index in [1.165, 1.54) is 0 Å². The fourth-order valence-electron chi connectivity index (χ4n) is 1.85. The Morgan fingerprint density at radius 3 is 2.63 bits per heavy atom. The fraction of sp³-hybridized carbons (Fsp3) is 0.500. The maximum Gasteiger partial charge on any atom is 0.240 e. The number of hydrogen-bond acceptors (Lipinski definition) is 4. The molecule has 0 unspecified atom stereocenters. The molecule has 0 aliphatic heterocycles. The van der Waals surface area contributed by atoms with Crippen molar-refractivity contribution < 1.29 is 8.42 Å². The van der Waals surface area contributed by atoms with Gasteiger partial charge in [0.05, 0.1) is 4.90 Å². The van der Waals surface area contributed by atoms with Crippen molar-refractivity contribution in [2.24, 2.45) is 0 Å². The summed E-state index contributed by atoms with van der Waals surface area (Å²) >= 11 is 5.00. The van der Waals surface area contributed by atoms with Gasteiger partial charge in [0, 0.05) is 21.5 Å². The number of sulfonamides is 1. The van der Waals surface area contributed by atoms with E-state index in [0.29, 0.717) is 22.3 Å². The summed E-state index contributed by atoms with van der Waals surface area (Å²) < 4.78 is 28.2. The predicted molar refractivity (Wildman–Crippen MR) is 84.0 cm³/mol. The second-order valence-corrected chi connectivity index (χ2v) is 8.76. The molecule has 0 spiro atoms. The average molecular weight is 365 g/mol. The van der Waals surface area contributed by atoms with E-state index in [4.69, 9.17) is 5.73 Å². The molecule has 19 heavy (non-hydrogen) atoms. The zero-order valence-electron chi connectivity index (χ0n) is 10.9. The lowest BCUT2D eigenvalue weighted by molar-refractivity contribution is 0.579. The van der Waals surface area contributed by atoms with Crippen LogP contribution in [0.15, 0.2) is 21.5 Å². The molecule has 0 radical (unpaired) electrons. The van der Waals surface area contributed by atoms with Crippen molar-refractivity contribution in [1.82, 2.24) is 4.72 Å². The van der Waals surface area contributed by atoms with Crippen LogP contribution in [0, 0.1) is 6.92 Å². The summed E-state index contributed by atoms with van der Waals surface area (Å²) in [5.41, 5.74) is 6.87. The Morgan fingerprint density at radius 2 is 2.11 bits per heavy atom. The third-order valence-electron chi connectivity index (χ3n) is 3.48. The Bertz CT molecular complexity index is 598. The predicted octanol–water partition coefficient (Wildman–Crippen LogP) is 2.51. The number of nitrogens with two attached hydrogens (primary N) is 1. The lowest BCUT2D eigenvalue weighted by atomic mass is 10.2. The standard InChI is InChI=1S/C12H17BrN2O2S2/c1-8-10(14)5-9(13)6-11(8)19(16,17)15-7-12(18-2)3-4-12/h5-6,15H,3-4,7,14H2,1-2H3. The van der Waals surface area contributed by atoms with Crippen molar-refractivity contribution in [3.05, 3.63) is 22.2 Å². The first-order valence-corrected chi connectivity index (χ1v) is 9.40. The summed E-state index contributed by atoms with van der Waals surface area (Å²) in [6, 6.07) is 3.30. The van der Waals surface area contributed by atoms with Gasteiger partial charge in [0.1, 0.15) is 0 Å². The lowest BCUT2D eigenvalue weighted by Crippen LogP contribution is -2.32. The van der Waals surface area contributed by atoms with Crippen LogP contribution in [-0.4, -0.2) is 26.0 Å². The summed E-state index contributed by atoms with van der Waals surface area (Å²) in [6.45, 7) is 2.19. The number of thioether (sulfide) groups is 1. The molecule has 1 aromatic carbocycles. The van der Waals surface area contributed by atoms with Gasteiger partial charge in [0.15, 0.2) is 0 Å². The number of nitrogen functional groups attached to an aromatic ring is 1. The van der Waals surface area contributed by atoms with Crippen LogP contribution in [0.3, 0.4) is 0 Å². The van der Waals surface area contributed by atoms with Crippen molar-refractivity contribution in [3.8, 4) is 0 Å². The van der Waals surface area contributed by atoms with Gasteiger partial charge in [-0.25, -0.2) is 13.1 Å². The summed E-state index contributed by atoms with van der Waals surface area (Å²) in [6.07, 6.45) is 4.15. The van der Waals surface area contributed by atoms with Gasteiger partial charge in [-0.3, -0.25) is 0 Å². The number of halogens is 1. The molecule has 0 bridgehead atoms. The van der Waals surface area contributed by atoms with Gasteiger partial charge >= 0.3 is 0 Å². The van der Waals surface area contributed by atoms with Crippen LogP contribution in [0.5, 0.6) is 0 Å². The van der Waals surface area contributed by atoms with Crippen molar-refractivity contribution in [2.45, 2.75) is 29.4 Å². The van der Waals surface area contributed by atoms with Crippen molar-refractivity contribution in [3.63, 3.8) is 0 Å². The molecule has 7 heteroatoms. The van der Waals surface area contributed by atoms with Crippen LogP contribution in [0.2, 0.25) is 0 Å². The fourth-order valence-corrected chi connectivity index (χ4v) is 4.72. The van der Waals surface area contributed by atoms with Crippen LogP contribution < -0.4 is 10.5 Å². The van der Waals surface area contributed by atoms with E-state index in [9.17, 15) is 8.42 Å². The minimum Gasteiger partial charge on any atom is -0.398 e. The molecule has 0 atom stereocenters. The number of nitrogens with one attached hydrogen (secondary N) is 1. The van der Waals surface area contributed by atoms with Gasteiger partial charge in [0.2, 0.25) is 10.0 Å². The molecule has 2 rings (SSSR count). The van der Waals surface area contributed by atoms with Crippen molar-refractivity contribution in [2.75, 3.05) is 18.5 Å². The zero-order chi connectivity index (χ0) is 14.3. The molecular weight excluding hydrogens is 348 g/mol. The van der Waals surface area contributed by atoms with Gasteiger partial charge < -0.3 is 5.73 Å². The SMILES string of the molecule is CSC1(CNS(=O)(=O)c2cc(Br)cc(N)c2C)CC1. The highest BCUT2D eigenvalue weighted by Gasteiger charge is 2.42. The minimum atomic E-state index is -3.51. The largest absolute Gasteiger partial charge is 0.398 e. The Kier molecular flexibility index (Phi) is 4.21. The molecule has 1 aliphatic carbocycles. The van der Waals surface area contributed by atoms with E-state index in [2.05, 4.69) is 20.7 Å². The maximum atomic E-state index is 12.4. The van der Waals surface area contributed by atoms with Gasteiger partial charge in [-0.05, 0) is 43.7 Å². The summed E-state index contributed by atoms with van der Waals surface area (Å²) in [7, 11) is -3.51.